The van der Waals surface area contributed by atoms with Gasteiger partial charge in [-0.15, -0.1) is 0 Å². The van der Waals surface area contributed by atoms with Gasteiger partial charge in [0, 0.05) is 24.6 Å². The molecule has 3 heterocycles. The lowest BCUT2D eigenvalue weighted by Crippen LogP contribution is -2.44. The van der Waals surface area contributed by atoms with Gasteiger partial charge in [0.05, 0.1) is 18.2 Å². The van der Waals surface area contributed by atoms with Crippen LogP contribution in [0.4, 0.5) is 0 Å². The molecule has 28 heavy (non-hydrogen) atoms. The van der Waals surface area contributed by atoms with E-state index in [0.29, 0.717) is 5.76 Å². The number of carbonyl (C=O) groups excluding carboxylic acids is 1. The van der Waals surface area contributed by atoms with E-state index in [9.17, 15) is 4.79 Å². The van der Waals surface area contributed by atoms with Gasteiger partial charge in [0.15, 0.2) is 0 Å². The maximum Gasteiger partial charge on any atom is 0.230 e. The lowest BCUT2D eigenvalue weighted by Gasteiger charge is -2.30. The number of hydrogen-bond donors (Lipinski definition) is 1. The van der Waals surface area contributed by atoms with Crippen LogP contribution in [0.2, 0.25) is 0 Å². The maximum absolute atomic E-state index is 12.9. The Labute approximate surface area is 163 Å². The number of aromatic nitrogens is 1. The Hall–Kier alpha value is -2.67. The molecule has 1 amide bonds. The zero-order valence-electron chi connectivity index (χ0n) is 16.0. The Bertz CT molecular complexity index is 937. The Morgan fingerprint density at radius 1 is 1.36 bits per heavy atom. The summed E-state index contributed by atoms with van der Waals surface area (Å²) in [6, 6.07) is 10.1. The van der Waals surface area contributed by atoms with E-state index < -0.39 is 5.72 Å². The second-order valence-electron chi connectivity index (χ2n) is 7.85. The number of benzene rings is 1. The van der Waals surface area contributed by atoms with Crippen LogP contribution in [0.15, 0.2) is 39.8 Å². The van der Waals surface area contributed by atoms with Crippen molar-refractivity contribution in [1.29, 1.82) is 0 Å². The third-order valence-electron chi connectivity index (χ3n) is 5.92. The molecule has 7 nitrogen and oxygen atoms in total. The van der Waals surface area contributed by atoms with Gasteiger partial charge in [-0.3, -0.25) is 4.79 Å². The van der Waals surface area contributed by atoms with Crippen LogP contribution >= 0.6 is 0 Å². The number of carbonyl (C=O) groups is 1. The summed E-state index contributed by atoms with van der Waals surface area (Å²) >= 11 is 0. The molecule has 2 unspecified atom stereocenters. The molecule has 2 atom stereocenters. The van der Waals surface area contributed by atoms with E-state index in [-0.39, 0.29) is 18.4 Å². The summed E-state index contributed by atoms with van der Waals surface area (Å²) < 4.78 is 5.22. The summed E-state index contributed by atoms with van der Waals surface area (Å²) in [6.45, 7) is 2.58. The Balaban J connectivity index is 1.39. The van der Waals surface area contributed by atoms with E-state index in [4.69, 9.17) is 14.4 Å². The van der Waals surface area contributed by atoms with Crippen molar-refractivity contribution in [3.05, 3.63) is 52.9 Å². The number of hydrogen-bond acceptors (Lipinski definition) is 6. The van der Waals surface area contributed by atoms with E-state index >= 15 is 0 Å². The Morgan fingerprint density at radius 3 is 3.11 bits per heavy atom. The van der Waals surface area contributed by atoms with Gasteiger partial charge in [0.25, 0.3) is 0 Å². The SMILES string of the molecule is Cc1cc(CC(=O)N2CCCC2C2=NC3(CCCc4ccccc43)ON2)on1. The molecule has 0 saturated carbocycles. The second kappa shape index (κ2) is 6.74. The zero-order chi connectivity index (χ0) is 19.1. The number of hydroxylamine groups is 1. The van der Waals surface area contributed by atoms with Crippen LogP contribution in [0, 0.1) is 6.92 Å². The summed E-state index contributed by atoms with van der Waals surface area (Å²) in [5.74, 6) is 1.40. The molecule has 146 valence electrons. The largest absolute Gasteiger partial charge is 0.361 e. The fourth-order valence-corrected chi connectivity index (χ4v) is 4.61. The zero-order valence-corrected chi connectivity index (χ0v) is 16.0. The van der Waals surface area contributed by atoms with E-state index in [2.05, 4.69) is 28.8 Å². The smallest absolute Gasteiger partial charge is 0.230 e. The number of nitrogens with zero attached hydrogens (tertiary/aromatic N) is 3. The minimum Gasteiger partial charge on any atom is -0.361 e. The van der Waals surface area contributed by atoms with Crippen LogP contribution in [0.5, 0.6) is 0 Å². The lowest BCUT2D eigenvalue weighted by atomic mass is 9.85. The second-order valence-corrected chi connectivity index (χ2v) is 7.85. The number of fused-ring (bicyclic) bond motifs is 2. The normalized spacial score (nSPS) is 26.2. The van der Waals surface area contributed by atoms with Crippen molar-refractivity contribution in [2.45, 2.75) is 57.2 Å². The standard InChI is InChI=1S/C21H24N4O3/c1-14-12-16(27-23-14)13-19(26)25-11-5-9-18(25)20-22-21(28-24-20)10-4-7-15-6-2-3-8-17(15)21/h2-3,6,8,12,18H,4-5,7,9-11,13H2,1H3,(H,22,24). The summed E-state index contributed by atoms with van der Waals surface area (Å²) in [6.07, 6.45) is 4.99. The van der Waals surface area contributed by atoms with Crippen molar-refractivity contribution in [1.82, 2.24) is 15.5 Å². The fraction of sp³-hybridized carbons (Fsp3) is 0.476. The van der Waals surface area contributed by atoms with E-state index in [1.54, 1.807) is 0 Å². The highest BCUT2D eigenvalue weighted by molar-refractivity contribution is 5.92. The van der Waals surface area contributed by atoms with Crippen LogP contribution in [0.3, 0.4) is 0 Å². The van der Waals surface area contributed by atoms with Crippen molar-refractivity contribution in [3.63, 3.8) is 0 Å². The first-order valence-corrected chi connectivity index (χ1v) is 9.98. The number of aryl methyl sites for hydroxylation is 2. The summed E-state index contributed by atoms with van der Waals surface area (Å²) in [5, 5.41) is 3.87. The number of nitrogens with one attached hydrogen (secondary N) is 1. The van der Waals surface area contributed by atoms with Crippen LogP contribution in [-0.4, -0.2) is 34.4 Å². The highest BCUT2D eigenvalue weighted by Gasteiger charge is 2.45. The molecule has 5 rings (SSSR count). The third kappa shape index (κ3) is 2.90. The van der Waals surface area contributed by atoms with Crippen molar-refractivity contribution in [3.8, 4) is 0 Å². The molecule has 0 bridgehead atoms. The van der Waals surface area contributed by atoms with E-state index in [1.807, 2.05) is 24.0 Å². The first kappa shape index (κ1) is 17.4. The van der Waals surface area contributed by atoms with Crippen molar-refractivity contribution in [2.24, 2.45) is 4.99 Å². The number of amidine groups is 1. The molecule has 1 aliphatic carbocycles. The van der Waals surface area contributed by atoms with Gasteiger partial charge < -0.3 is 9.42 Å². The van der Waals surface area contributed by atoms with Gasteiger partial charge in [-0.25, -0.2) is 15.3 Å². The van der Waals surface area contributed by atoms with Crippen molar-refractivity contribution < 1.29 is 14.2 Å². The molecular weight excluding hydrogens is 356 g/mol. The average molecular weight is 380 g/mol. The van der Waals surface area contributed by atoms with Gasteiger partial charge >= 0.3 is 0 Å². The van der Waals surface area contributed by atoms with Crippen molar-refractivity contribution >= 4 is 11.7 Å². The average Bonchev–Trinajstić information content (AvgIpc) is 3.42. The summed E-state index contributed by atoms with van der Waals surface area (Å²) in [4.78, 5) is 25.8. The van der Waals surface area contributed by atoms with Crippen LogP contribution in [-0.2, 0) is 28.2 Å². The third-order valence-corrected chi connectivity index (χ3v) is 5.92. The predicted molar refractivity (Wildman–Crippen MR) is 102 cm³/mol. The molecular formula is C21H24N4O3. The molecule has 1 N–H and O–H groups in total. The van der Waals surface area contributed by atoms with Crippen LogP contribution in [0.25, 0.3) is 0 Å². The maximum atomic E-state index is 12.9. The number of amides is 1. The van der Waals surface area contributed by atoms with E-state index in [0.717, 1.165) is 55.7 Å². The van der Waals surface area contributed by atoms with Gasteiger partial charge in [-0.2, -0.15) is 0 Å². The van der Waals surface area contributed by atoms with Crippen LogP contribution in [0.1, 0.15) is 48.3 Å². The van der Waals surface area contributed by atoms with Crippen molar-refractivity contribution in [2.75, 3.05) is 6.54 Å². The molecule has 1 aromatic heterocycles. The molecule has 0 radical (unpaired) electrons. The molecule has 1 aromatic carbocycles. The summed E-state index contributed by atoms with van der Waals surface area (Å²) in [5.41, 5.74) is 5.62. The minimum atomic E-state index is -0.663. The molecule has 1 spiro atoms. The number of aliphatic imine (C=N–C) groups is 1. The molecule has 2 aromatic rings. The first-order valence-electron chi connectivity index (χ1n) is 9.98. The van der Waals surface area contributed by atoms with Gasteiger partial charge in [-0.05, 0) is 38.2 Å². The van der Waals surface area contributed by atoms with Gasteiger partial charge in [-0.1, -0.05) is 29.4 Å². The van der Waals surface area contributed by atoms with Gasteiger partial charge in [0.2, 0.25) is 11.6 Å². The number of likely N-dealkylation sites (tertiary alicyclic amines) is 1. The fourth-order valence-electron chi connectivity index (χ4n) is 4.61. The Kier molecular flexibility index (Phi) is 4.19. The molecule has 7 heteroatoms. The van der Waals surface area contributed by atoms with Crippen LogP contribution < -0.4 is 5.48 Å². The lowest BCUT2D eigenvalue weighted by molar-refractivity contribution is -0.130. The molecule has 2 aliphatic heterocycles. The predicted octanol–water partition coefficient (Wildman–Crippen LogP) is 2.64. The first-order chi connectivity index (χ1) is 13.6. The van der Waals surface area contributed by atoms with Gasteiger partial charge in [0.1, 0.15) is 11.6 Å². The minimum absolute atomic E-state index is 0.0353. The highest BCUT2D eigenvalue weighted by Crippen LogP contribution is 2.41. The summed E-state index contributed by atoms with van der Waals surface area (Å²) in [7, 11) is 0. The molecule has 1 saturated heterocycles. The highest BCUT2D eigenvalue weighted by atomic mass is 16.7. The number of rotatable bonds is 3. The quantitative estimate of drug-likeness (QED) is 0.885. The molecule has 1 fully saturated rings. The topological polar surface area (TPSA) is 80.0 Å². The molecule has 3 aliphatic rings. The van der Waals surface area contributed by atoms with E-state index in [1.165, 1.54) is 5.56 Å². The Morgan fingerprint density at radius 2 is 2.25 bits per heavy atom. The monoisotopic (exact) mass is 380 g/mol.